The van der Waals surface area contributed by atoms with Gasteiger partial charge in [0, 0.05) is 16.6 Å². The van der Waals surface area contributed by atoms with Gasteiger partial charge in [-0.05, 0) is 79.5 Å². The Balaban J connectivity index is 1.76. The number of hydrogen-bond acceptors (Lipinski definition) is 4. The van der Waals surface area contributed by atoms with Crippen molar-refractivity contribution in [2.45, 2.75) is 40.0 Å². The van der Waals surface area contributed by atoms with E-state index in [0.717, 1.165) is 63.0 Å². The lowest BCUT2D eigenvalue weighted by molar-refractivity contribution is 0.104. The van der Waals surface area contributed by atoms with Crippen molar-refractivity contribution in [1.29, 1.82) is 0 Å². The van der Waals surface area contributed by atoms with Gasteiger partial charge < -0.3 is 5.73 Å². The Bertz CT molecular complexity index is 1320. The number of anilines is 1. The predicted octanol–water partition coefficient (Wildman–Crippen LogP) is 6.19. The van der Waals surface area contributed by atoms with Gasteiger partial charge in [0.1, 0.15) is 9.71 Å². The summed E-state index contributed by atoms with van der Waals surface area (Å²) in [6, 6.07) is 14.4. The first-order chi connectivity index (χ1) is 14.5. The molecule has 2 aromatic carbocycles. The number of aryl methyl sites for hydroxylation is 4. The van der Waals surface area contributed by atoms with Crippen molar-refractivity contribution in [3.63, 3.8) is 0 Å². The Morgan fingerprint density at radius 3 is 2.50 bits per heavy atom. The van der Waals surface area contributed by atoms with Crippen LogP contribution in [0.25, 0.3) is 21.3 Å². The van der Waals surface area contributed by atoms with E-state index in [1.54, 1.807) is 0 Å². The number of aromatic nitrogens is 1. The number of thiophene rings is 1. The van der Waals surface area contributed by atoms with Gasteiger partial charge in [0.2, 0.25) is 5.78 Å². The van der Waals surface area contributed by atoms with E-state index in [9.17, 15) is 4.79 Å². The van der Waals surface area contributed by atoms with Gasteiger partial charge in [-0.2, -0.15) is 0 Å². The summed E-state index contributed by atoms with van der Waals surface area (Å²) in [6.07, 6.45) is 3.12. The maximum absolute atomic E-state index is 13.5. The molecule has 5 rings (SSSR count). The van der Waals surface area contributed by atoms with Crippen LogP contribution in [0.2, 0.25) is 0 Å². The molecule has 0 amide bonds. The minimum absolute atomic E-state index is 0.00438. The number of carbonyl (C=O) groups is 1. The van der Waals surface area contributed by atoms with Crippen LogP contribution >= 0.6 is 11.3 Å². The first kappa shape index (κ1) is 19.0. The zero-order valence-corrected chi connectivity index (χ0v) is 18.3. The van der Waals surface area contributed by atoms with E-state index in [1.165, 1.54) is 22.5 Å². The second-order valence-corrected chi connectivity index (χ2v) is 9.24. The fraction of sp³-hybridized carbons (Fsp3) is 0.231. The molecule has 0 radical (unpaired) electrons. The largest absolute Gasteiger partial charge is 0.397 e. The Morgan fingerprint density at radius 1 is 1.00 bits per heavy atom. The van der Waals surface area contributed by atoms with Crippen molar-refractivity contribution in [1.82, 2.24) is 4.98 Å². The van der Waals surface area contributed by atoms with E-state index >= 15 is 0 Å². The Kier molecular flexibility index (Phi) is 4.48. The lowest BCUT2D eigenvalue weighted by Gasteiger charge is -2.11. The Hall–Kier alpha value is -2.98. The average molecular weight is 413 g/mol. The number of nitrogen functional groups attached to an aromatic ring is 1. The summed E-state index contributed by atoms with van der Waals surface area (Å²) in [6.45, 7) is 6.10. The van der Waals surface area contributed by atoms with Crippen LogP contribution in [-0.4, -0.2) is 10.8 Å². The van der Waals surface area contributed by atoms with Gasteiger partial charge in [-0.3, -0.25) is 4.79 Å². The summed E-state index contributed by atoms with van der Waals surface area (Å²) in [5, 5.41) is 0.941. The highest BCUT2D eigenvalue weighted by atomic mass is 32.1. The molecule has 0 spiro atoms. The number of rotatable bonds is 3. The third-order valence-electron chi connectivity index (χ3n) is 6.26. The lowest BCUT2D eigenvalue weighted by atomic mass is 9.94. The standard InChI is InChI=1S/C26H24N2OS/c1-14-12-16(3)19(13-15(14)2)24(29)25-23(27)22-21(17-8-5-4-6-9-17)18-10-7-11-20(18)28-26(22)30-25/h4-6,8-9,12-13H,7,10-11,27H2,1-3H3. The molecule has 0 atom stereocenters. The highest BCUT2D eigenvalue weighted by Crippen LogP contribution is 2.44. The van der Waals surface area contributed by atoms with Crippen LogP contribution in [0.3, 0.4) is 0 Å². The molecule has 1 aliphatic rings. The molecule has 0 bridgehead atoms. The van der Waals surface area contributed by atoms with Gasteiger partial charge >= 0.3 is 0 Å². The van der Waals surface area contributed by atoms with E-state index in [0.29, 0.717) is 10.6 Å². The molecule has 0 saturated heterocycles. The van der Waals surface area contributed by atoms with Crippen LogP contribution in [0, 0.1) is 20.8 Å². The van der Waals surface area contributed by atoms with Crippen molar-refractivity contribution in [3.8, 4) is 11.1 Å². The van der Waals surface area contributed by atoms with Crippen LogP contribution in [-0.2, 0) is 12.8 Å². The minimum Gasteiger partial charge on any atom is -0.397 e. The topological polar surface area (TPSA) is 56.0 Å². The van der Waals surface area contributed by atoms with E-state index < -0.39 is 0 Å². The summed E-state index contributed by atoms with van der Waals surface area (Å²) in [5.74, 6) is -0.00438. The monoisotopic (exact) mass is 412 g/mol. The Morgan fingerprint density at radius 2 is 1.73 bits per heavy atom. The van der Waals surface area contributed by atoms with E-state index in [1.807, 2.05) is 26.0 Å². The summed E-state index contributed by atoms with van der Waals surface area (Å²) >= 11 is 1.43. The molecule has 1 aliphatic carbocycles. The van der Waals surface area contributed by atoms with Crippen molar-refractivity contribution in [2.24, 2.45) is 0 Å². The molecule has 4 heteroatoms. The van der Waals surface area contributed by atoms with E-state index in [2.05, 4.69) is 37.3 Å². The number of ketones is 1. The van der Waals surface area contributed by atoms with Gasteiger partial charge in [-0.15, -0.1) is 11.3 Å². The number of pyridine rings is 1. The molecule has 2 heterocycles. The molecule has 0 unspecified atom stereocenters. The smallest absolute Gasteiger partial charge is 0.205 e. The third kappa shape index (κ3) is 2.86. The second kappa shape index (κ2) is 7.06. The molecule has 2 aromatic heterocycles. The average Bonchev–Trinajstić information content (AvgIpc) is 3.33. The molecule has 3 nitrogen and oxygen atoms in total. The van der Waals surface area contributed by atoms with Gasteiger partial charge in [-0.1, -0.05) is 36.4 Å². The normalized spacial score (nSPS) is 13.0. The first-order valence-corrected chi connectivity index (χ1v) is 11.2. The van der Waals surface area contributed by atoms with Crippen LogP contribution in [0.4, 0.5) is 5.69 Å². The van der Waals surface area contributed by atoms with Crippen molar-refractivity contribution in [3.05, 3.63) is 80.9 Å². The zero-order valence-electron chi connectivity index (χ0n) is 17.5. The number of benzene rings is 2. The molecule has 0 saturated carbocycles. The number of hydrogen-bond donors (Lipinski definition) is 1. The molecule has 0 aliphatic heterocycles. The summed E-state index contributed by atoms with van der Waals surface area (Å²) in [4.78, 5) is 19.9. The van der Waals surface area contributed by atoms with Crippen LogP contribution in [0.15, 0.2) is 42.5 Å². The molecule has 150 valence electrons. The highest BCUT2D eigenvalue weighted by Gasteiger charge is 2.27. The molecular formula is C26H24N2OS. The number of nitrogens with zero attached hydrogens (tertiary/aromatic N) is 1. The number of fused-ring (bicyclic) bond motifs is 2. The van der Waals surface area contributed by atoms with Crippen LogP contribution in [0.1, 0.15) is 49.6 Å². The number of nitrogens with two attached hydrogens (primary N) is 1. The maximum Gasteiger partial charge on any atom is 0.205 e. The molecular weight excluding hydrogens is 388 g/mol. The fourth-order valence-corrected chi connectivity index (χ4v) is 5.64. The second-order valence-electron chi connectivity index (χ2n) is 8.24. The van der Waals surface area contributed by atoms with Crippen molar-refractivity contribution < 1.29 is 4.79 Å². The molecule has 4 aromatic rings. The van der Waals surface area contributed by atoms with Gasteiger partial charge in [0.25, 0.3) is 0 Å². The quantitative estimate of drug-likeness (QED) is 0.408. The minimum atomic E-state index is -0.00438. The van der Waals surface area contributed by atoms with Crippen molar-refractivity contribution >= 4 is 33.0 Å². The molecule has 0 fully saturated rings. The van der Waals surface area contributed by atoms with Gasteiger partial charge in [0.15, 0.2) is 0 Å². The lowest BCUT2D eigenvalue weighted by Crippen LogP contribution is -2.05. The third-order valence-corrected chi connectivity index (χ3v) is 7.36. The van der Waals surface area contributed by atoms with Gasteiger partial charge in [0.05, 0.1) is 5.69 Å². The van der Waals surface area contributed by atoms with E-state index in [-0.39, 0.29) is 5.78 Å². The van der Waals surface area contributed by atoms with Crippen LogP contribution < -0.4 is 5.73 Å². The summed E-state index contributed by atoms with van der Waals surface area (Å²) < 4.78 is 0. The molecule has 2 N–H and O–H groups in total. The Labute approximate surface area is 180 Å². The maximum atomic E-state index is 13.5. The fourth-order valence-electron chi connectivity index (χ4n) is 4.57. The summed E-state index contributed by atoms with van der Waals surface area (Å²) in [7, 11) is 0. The van der Waals surface area contributed by atoms with Crippen molar-refractivity contribution in [2.75, 3.05) is 5.73 Å². The number of carbonyl (C=O) groups excluding carboxylic acids is 1. The predicted molar refractivity (Wildman–Crippen MR) is 126 cm³/mol. The summed E-state index contributed by atoms with van der Waals surface area (Å²) in [5.41, 5.74) is 16.0. The SMILES string of the molecule is Cc1cc(C)c(C(=O)c2sc3nc4c(c(-c5ccccc5)c3c2N)CCC4)cc1C. The zero-order chi connectivity index (χ0) is 21.0. The highest BCUT2D eigenvalue weighted by molar-refractivity contribution is 7.21. The van der Waals surface area contributed by atoms with Gasteiger partial charge in [-0.25, -0.2) is 4.98 Å². The van der Waals surface area contributed by atoms with Crippen LogP contribution in [0.5, 0.6) is 0 Å². The molecule has 30 heavy (non-hydrogen) atoms. The van der Waals surface area contributed by atoms with E-state index in [4.69, 9.17) is 10.7 Å². The first-order valence-electron chi connectivity index (χ1n) is 10.4.